The second-order valence-corrected chi connectivity index (χ2v) is 8.61. The molecular formula is C28H35N5O. The summed E-state index contributed by atoms with van der Waals surface area (Å²) in [5.41, 5.74) is 4.41. The molecule has 178 valence electrons. The van der Waals surface area contributed by atoms with Crippen LogP contribution in [-0.4, -0.2) is 74.7 Å². The van der Waals surface area contributed by atoms with Crippen molar-refractivity contribution in [2.24, 2.45) is 9.98 Å². The van der Waals surface area contributed by atoms with Crippen LogP contribution in [0.2, 0.25) is 0 Å². The summed E-state index contributed by atoms with van der Waals surface area (Å²) in [7, 11) is 0. The van der Waals surface area contributed by atoms with Gasteiger partial charge in [-0.2, -0.15) is 0 Å². The highest BCUT2D eigenvalue weighted by Crippen LogP contribution is 2.26. The van der Waals surface area contributed by atoms with E-state index >= 15 is 0 Å². The van der Waals surface area contributed by atoms with Gasteiger partial charge in [-0.15, -0.1) is 0 Å². The molecule has 1 aromatic heterocycles. The van der Waals surface area contributed by atoms with Gasteiger partial charge >= 0.3 is 0 Å². The molecule has 1 aliphatic heterocycles. The molecule has 1 fully saturated rings. The van der Waals surface area contributed by atoms with Gasteiger partial charge in [0.1, 0.15) is 5.75 Å². The van der Waals surface area contributed by atoms with Gasteiger partial charge < -0.3 is 9.64 Å². The quantitative estimate of drug-likeness (QED) is 0.309. The van der Waals surface area contributed by atoms with Crippen molar-refractivity contribution in [1.29, 1.82) is 0 Å². The Morgan fingerprint density at radius 3 is 2.59 bits per heavy atom. The molecule has 6 heteroatoms. The van der Waals surface area contributed by atoms with Crippen molar-refractivity contribution in [2.75, 3.05) is 57.3 Å². The molecule has 0 atom stereocenters. The van der Waals surface area contributed by atoms with Gasteiger partial charge in [0.15, 0.2) is 0 Å². The van der Waals surface area contributed by atoms with Crippen molar-refractivity contribution in [3.05, 3.63) is 66.4 Å². The Labute approximate surface area is 203 Å². The molecule has 0 amide bonds. The number of nitrogens with zero attached hydrogens (tertiary/aromatic N) is 5. The summed E-state index contributed by atoms with van der Waals surface area (Å²) in [6.45, 7) is 12.9. The van der Waals surface area contributed by atoms with Crippen LogP contribution in [0.25, 0.3) is 10.9 Å². The molecule has 1 saturated heterocycles. The molecule has 0 aliphatic carbocycles. The smallest absolute Gasteiger partial charge is 0.119 e. The molecule has 1 aliphatic rings. The van der Waals surface area contributed by atoms with Crippen LogP contribution in [0.3, 0.4) is 0 Å². The first kappa shape index (κ1) is 23.9. The second-order valence-electron chi connectivity index (χ2n) is 8.61. The zero-order valence-corrected chi connectivity index (χ0v) is 20.2. The fraction of sp³-hybridized carbons (Fsp3) is 0.393. The van der Waals surface area contributed by atoms with E-state index in [2.05, 4.69) is 69.8 Å². The molecule has 0 bridgehead atoms. The molecule has 2 aromatic carbocycles. The van der Waals surface area contributed by atoms with E-state index in [4.69, 9.17) is 9.73 Å². The van der Waals surface area contributed by atoms with Gasteiger partial charge in [-0.1, -0.05) is 31.5 Å². The number of unbranched alkanes of at least 4 members (excludes halogenated alkanes) is 1. The molecule has 0 unspecified atom stereocenters. The van der Waals surface area contributed by atoms with Crippen LogP contribution in [-0.2, 0) is 0 Å². The van der Waals surface area contributed by atoms with Crippen LogP contribution in [0.4, 0.5) is 5.69 Å². The topological polar surface area (TPSA) is 53.3 Å². The third-order valence-electron chi connectivity index (χ3n) is 6.27. The van der Waals surface area contributed by atoms with E-state index in [1.165, 1.54) is 11.1 Å². The van der Waals surface area contributed by atoms with Gasteiger partial charge in [-0.3, -0.25) is 19.9 Å². The number of pyridine rings is 1. The van der Waals surface area contributed by atoms with Crippen LogP contribution in [0.5, 0.6) is 5.75 Å². The first-order valence-electron chi connectivity index (χ1n) is 12.3. The largest absolute Gasteiger partial charge is 0.494 e. The predicted octanol–water partition coefficient (Wildman–Crippen LogP) is 4.73. The summed E-state index contributed by atoms with van der Waals surface area (Å²) in [6.07, 6.45) is 4.12. The number of rotatable bonds is 11. The zero-order chi connectivity index (χ0) is 23.6. The average Bonchev–Trinajstić information content (AvgIpc) is 2.89. The number of piperazine rings is 1. The van der Waals surface area contributed by atoms with E-state index in [0.717, 1.165) is 81.3 Å². The second kappa shape index (κ2) is 12.3. The van der Waals surface area contributed by atoms with Crippen molar-refractivity contribution in [3.8, 4) is 5.75 Å². The highest BCUT2D eigenvalue weighted by Gasteiger charge is 2.18. The van der Waals surface area contributed by atoms with Crippen molar-refractivity contribution < 1.29 is 4.74 Å². The Balaban J connectivity index is 1.30. The number of benzene rings is 2. The molecule has 34 heavy (non-hydrogen) atoms. The first-order chi connectivity index (χ1) is 16.8. The summed E-state index contributed by atoms with van der Waals surface area (Å²) in [6, 6.07) is 18.7. The lowest BCUT2D eigenvalue weighted by Crippen LogP contribution is -2.47. The standard InChI is InChI=1S/C28H35N5O/c1-3-4-21-34-24-11-9-23(10-12-24)27(22-29-2)31-15-16-32-17-19-33(20-18-32)28-13-14-30-26-8-6-5-7-25(26)28/h5-14H,2-4,15-22H2,1H3. The molecule has 0 N–H and O–H groups in total. The third kappa shape index (κ3) is 6.20. The number of aliphatic imine (C=N–C) groups is 2. The average molecular weight is 458 g/mol. The normalized spacial score (nSPS) is 15.0. The molecule has 3 aromatic rings. The molecule has 4 rings (SSSR count). The predicted molar refractivity (Wildman–Crippen MR) is 143 cm³/mol. The summed E-state index contributed by atoms with van der Waals surface area (Å²) in [5.74, 6) is 0.906. The van der Waals surface area contributed by atoms with Crippen LogP contribution in [0.1, 0.15) is 25.3 Å². The van der Waals surface area contributed by atoms with Crippen molar-refractivity contribution in [2.45, 2.75) is 19.8 Å². The van der Waals surface area contributed by atoms with E-state index in [1.807, 2.05) is 24.4 Å². The SMILES string of the molecule is C=NCC(=NCCN1CCN(c2ccnc3ccccc23)CC1)c1ccc(OCCCC)cc1. The number of hydrogen-bond acceptors (Lipinski definition) is 6. The van der Waals surface area contributed by atoms with Crippen LogP contribution >= 0.6 is 0 Å². The Bertz CT molecular complexity index is 1080. The van der Waals surface area contributed by atoms with Crippen LogP contribution in [0, 0.1) is 0 Å². The van der Waals surface area contributed by atoms with Gasteiger partial charge in [0.05, 0.1) is 30.9 Å². The number of anilines is 1. The summed E-state index contributed by atoms with van der Waals surface area (Å²) in [4.78, 5) is 18.4. The molecule has 6 nitrogen and oxygen atoms in total. The summed E-state index contributed by atoms with van der Waals surface area (Å²) in [5, 5.41) is 1.23. The lowest BCUT2D eigenvalue weighted by Gasteiger charge is -2.36. The lowest BCUT2D eigenvalue weighted by atomic mass is 10.1. The number of para-hydroxylation sites is 1. The minimum absolute atomic E-state index is 0.527. The monoisotopic (exact) mass is 457 g/mol. The van der Waals surface area contributed by atoms with Gasteiger partial charge in [0.25, 0.3) is 0 Å². The van der Waals surface area contributed by atoms with E-state index in [1.54, 1.807) is 0 Å². The Morgan fingerprint density at radius 2 is 1.82 bits per heavy atom. The fourth-order valence-electron chi connectivity index (χ4n) is 4.31. The molecule has 2 heterocycles. The molecule has 0 spiro atoms. The van der Waals surface area contributed by atoms with Crippen LogP contribution in [0.15, 0.2) is 70.8 Å². The number of ether oxygens (including phenoxy) is 1. The number of fused-ring (bicyclic) bond motifs is 1. The van der Waals surface area contributed by atoms with Crippen molar-refractivity contribution in [1.82, 2.24) is 9.88 Å². The van der Waals surface area contributed by atoms with Gasteiger partial charge in [0.2, 0.25) is 0 Å². The lowest BCUT2D eigenvalue weighted by molar-refractivity contribution is 0.265. The molecular weight excluding hydrogens is 422 g/mol. The Hall–Kier alpha value is -3.25. The van der Waals surface area contributed by atoms with E-state index < -0.39 is 0 Å². The third-order valence-corrected chi connectivity index (χ3v) is 6.27. The fourth-order valence-corrected chi connectivity index (χ4v) is 4.31. The minimum atomic E-state index is 0.527. The maximum absolute atomic E-state index is 5.78. The molecule has 0 saturated carbocycles. The van der Waals surface area contributed by atoms with Gasteiger partial charge in [-0.25, -0.2) is 0 Å². The maximum atomic E-state index is 5.78. The number of hydrogen-bond donors (Lipinski definition) is 0. The summed E-state index contributed by atoms with van der Waals surface area (Å²) >= 11 is 0. The highest BCUT2D eigenvalue weighted by atomic mass is 16.5. The Morgan fingerprint density at radius 1 is 1.03 bits per heavy atom. The Kier molecular flexibility index (Phi) is 8.63. The summed E-state index contributed by atoms with van der Waals surface area (Å²) < 4.78 is 5.78. The van der Waals surface area contributed by atoms with Gasteiger partial charge in [0, 0.05) is 50.0 Å². The van der Waals surface area contributed by atoms with Gasteiger partial charge in [-0.05, 0) is 55.1 Å². The molecule has 0 radical (unpaired) electrons. The van der Waals surface area contributed by atoms with E-state index in [9.17, 15) is 0 Å². The van der Waals surface area contributed by atoms with E-state index in [0.29, 0.717) is 6.54 Å². The minimum Gasteiger partial charge on any atom is -0.494 e. The van der Waals surface area contributed by atoms with Crippen molar-refractivity contribution >= 4 is 29.0 Å². The maximum Gasteiger partial charge on any atom is 0.119 e. The zero-order valence-electron chi connectivity index (χ0n) is 20.2. The highest BCUT2D eigenvalue weighted by molar-refractivity contribution is 6.02. The van der Waals surface area contributed by atoms with Crippen LogP contribution < -0.4 is 9.64 Å². The van der Waals surface area contributed by atoms with E-state index in [-0.39, 0.29) is 0 Å². The van der Waals surface area contributed by atoms with Crippen molar-refractivity contribution in [3.63, 3.8) is 0 Å². The first-order valence-corrected chi connectivity index (χ1v) is 12.3. The number of aromatic nitrogens is 1.